The zero-order valence-corrected chi connectivity index (χ0v) is 9.85. The molecule has 17 heavy (non-hydrogen) atoms. The minimum absolute atomic E-state index is 0.469. The summed E-state index contributed by atoms with van der Waals surface area (Å²) in [6.45, 7) is 3.23. The number of aliphatic hydroxyl groups is 1. The van der Waals surface area contributed by atoms with Gasteiger partial charge in [0, 0.05) is 24.3 Å². The van der Waals surface area contributed by atoms with Crippen molar-refractivity contribution in [2.75, 3.05) is 6.54 Å². The number of aromatic nitrogens is 2. The molecule has 2 aromatic rings. The molecule has 0 saturated carbocycles. The Morgan fingerprint density at radius 3 is 2.76 bits per heavy atom. The average molecular weight is 231 g/mol. The molecule has 2 rings (SSSR count). The van der Waals surface area contributed by atoms with E-state index in [-0.39, 0.29) is 0 Å². The highest BCUT2D eigenvalue weighted by Gasteiger charge is 2.06. The largest absolute Gasteiger partial charge is 0.387 e. The first-order valence-corrected chi connectivity index (χ1v) is 5.70. The summed E-state index contributed by atoms with van der Waals surface area (Å²) < 4.78 is 0. The van der Waals surface area contributed by atoms with Gasteiger partial charge in [-0.3, -0.25) is 5.10 Å². The quantitative estimate of drug-likeness (QED) is 0.731. The Labute approximate surface area is 101 Å². The fraction of sp³-hybridized carbons (Fsp3) is 0.308. The van der Waals surface area contributed by atoms with E-state index in [1.165, 1.54) is 0 Å². The van der Waals surface area contributed by atoms with E-state index in [9.17, 15) is 5.11 Å². The van der Waals surface area contributed by atoms with Crippen LogP contribution in [0.5, 0.6) is 0 Å². The van der Waals surface area contributed by atoms with Crippen molar-refractivity contribution in [3.8, 4) is 0 Å². The van der Waals surface area contributed by atoms with Crippen molar-refractivity contribution in [2.45, 2.75) is 19.6 Å². The second-order valence-electron chi connectivity index (χ2n) is 4.08. The molecule has 4 heteroatoms. The van der Waals surface area contributed by atoms with E-state index in [2.05, 4.69) is 15.5 Å². The van der Waals surface area contributed by atoms with Gasteiger partial charge in [0.1, 0.15) is 0 Å². The van der Waals surface area contributed by atoms with Gasteiger partial charge in [0.2, 0.25) is 0 Å². The van der Waals surface area contributed by atoms with Crippen LogP contribution in [0, 0.1) is 6.92 Å². The van der Waals surface area contributed by atoms with E-state index < -0.39 is 6.10 Å². The second-order valence-corrected chi connectivity index (χ2v) is 4.08. The maximum atomic E-state index is 9.93. The van der Waals surface area contributed by atoms with Gasteiger partial charge in [-0.2, -0.15) is 5.10 Å². The van der Waals surface area contributed by atoms with Crippen molar-refractivity contribution in [1.29, 1.82) is 0 Å². The van der Waals surface area contributed by atoms with E-state index >= 15 is 0 Å². The van der Waals surface area contributed by atoms with Crippen LogP contribution in [-0.4, -0.2) is 21.8 Å². The summed E-state index contributed by atoms with van der Waals surface area (Å²) in [5.41, 5.74) is 3.13. The first-order chi connectivity index (χ1) is 8.27. The highest BCUT2D eigenvalue weighted by molar-refractivity contribution is 5.18. The average Bonchev–Trinajstić information content (AvgIpc) is 2.76. The SMILES string of the molecule is Cc1[nH]ncc1CNCC(O)c1ccccc1. The van der Waals surface area contributed by atoms with Crippen molar-refractivity contribution in [3.05, 3.63) is 53.3 Å². The van der Waals surface area contributed by atoms with E-state index in [1.807, 2.05) is 37.3 Å². The Balaban J connectivity index is 1.81. The molecule has 0 saturated heterocycles. The van der Waals surface area contributed by atoms with E-state index in [1.54, 1.807) is 6.20 Å². The molecule has 1 aromatic carbocycles. The summed E-state index contributed by atoms with van der Waals surface area (Å²) in [6, 6.07) is 9.65. The van der Waals surface area contributed by atoms with Crippen LogP contribution in [0.3, 0.4) is 0 Å². The van der Waals surface area contributed by atoms with Crippen LogP contribution in [0.1, 0.15) is 22.9 Å². The molecular weight excluding hydrogens is 214 g/mol. The lowest BCUT2D eigenvalue weighted by molar-refractivity contribution is 0.174. The van der Waals surface area contributed by atoms with Crippen LogP contribution in [0.15, 0.2) is 36.5 Å². The minimum Gasteiger partial charge on any atom is -0.387 e. The van der Waals surface area contributed by atoms with Crippen molar-refractivity contribution in [1.82, 2.24) is 15.5 Å². The van der Waals surface area contributed by atoms with Crippen LogP contribution in [0.2, 0.25) is 0 Å². The molecule has 0 aliphatic heterocycles. The molecule has 0 aliphatic rings. The normalized spacial score (nSPS) is 12.6. The Morgan fingerprint density at radius 2 is 2.12 bits per heavy atom. The van der Waals surface area contributed by atoms with Gasteiger partial charge in [0.15, 0.2) is 0 Å². The standard InChI is InChI=1S/C13H17N3O/c1-10-12(8-15-16-10)7-14-9-13(17)11-5-3-2-4-6-11/h2-6,8,13-14,17H,7,9H2,1H3,(H,15,16). The zero-order chi connectivity index (χ0) is 12.1. The maximum Gasteiger partial charge on any atom is 0.0914 e. The number of benzene rings is 1. The molecule has 90 valence electrons. The lowest BCUT2D eigenvalue weighted by Gasteiger charge is -2.11. The minimum atomic E-state index is -0.469. The van der Waals surface area contributed by atoms with Crippen LogP contribution < -0.4 is 5.32 Å². The molecule has 4 nitrogen and oxygen atoms in total. The number of nitrogens with one attached hydrogen (secondary N) is 2. The van der Waals surface area contributed by atoms with Gasteiger partial charge in [-0.05, 0) is 12.5 Å². The van der Waals surface area contributed by atoms with E-state index in [0.29, 0.717) is 13.1 Å². The lowest BCUT2D eigenvalue weighted by Crippen LogP contribution is -2.21. The second kappa shape index (κ2) is 5.61. The third-order valence-corrected chi connectivity index (χ3v) is 2.77. The predicted octanol–water partition coefficient (Wildman–Crippen LogP) is 1.54. The van der Waals surface area contributed by atoms with Crippen molar-refractivity contribution < 1.29 is 5.11 Å². The van der Waals surface area contributed by atoms with Crippen LogP contribution in [0.4, 0.5) is 0 Å². The molecule has 0 radical (unpaired) electrons. The lowest BCUT2D eigenvalue weighted by atomic mass is 10.1. The first-order valence-electron chi connectivity index (χ1n) is 5.70. The number of rotatable bonds is 5. The molecular formula is C13H17N3O. The molecule has 0 spiro atoms. The molecule has 1 aromatic heterocycles. The highest BCUT2D eigenvalue weighted by atomic mass is 16.3. The van der Waals surface area contributed by atoms with Gasteiger partial charge in [0.05, 0.1) is 12.3 Å². The number of hydrogen-bond donors (Lipinski definition) is 3. The Kier molecular flexibility index (Phi) is 3.90. The van der Waals surface area contributed by atoms with Gasteiger partial charge in [-0.1, -0.05) is 30.3 Å². The summed E-state index contributed by atoms with van der Waals surface area (Å²) in [7, 11) is 0. The van der Waals surface area contributed by atoms with Gasteiger partial charge in [-0.15, -0.1) is 0 Å². The van der Waals surface area contributed by atoms with Crippen molar-refractivity contribution in [3.63, 3.8) is 0 Å². The van der Waals surface area contributed by atoms with E-state index in [0.717, 1.165) is 16.8 Å². The van der Waals surface area contributed by atoms with Crippen LogP contribution in [-0.2, 0) is 6.54 Å². The number of aromatic amines is 1. The number of aryl methyl sites for hydroxylation is 1. The van der Waals surface area contributed by atoms with Crippen LogP contribution >= 0.6 is 0 Å². The molecule has 1 atom stereocenters. The zero-order valence-electron chi connectivity index (χ0n) is 9.85. The van der Waals surface area contributed by atoms with Gasteiger partial charge < -0.3 is 10.4 Å². The molecule has 1 unspecified atom stereocenters. The molecule has 1 heterocycles. The van der Waals surface area contributed by atoms with Gasteiger partial charge >= 0.3 is 0 Å². The number of nitrogens with zero attached hydrogens (tertiary/aromatic N) is 1. The summed E-state index contributed by atoms with van der Waals surface area (Å²) in [6.07, 6.45) is 1.33. The van der Waals surface area contributed by atoms with Crippen molar-refractivity contribution >= 4 is 0 Å². The third kappa shape index (κ3) is 3.15. The van der Waals surface area contributed by atoms with Gasteiger partial charge in [-0.25, -0.2) is 0 Å². The fourth-order valence-electron chi connectivity index (χ4n) is 1.69. The smallest absolute Gasteiger partial charge is 0.0914 e. The third-order valence-electron chi connectivity index (χ3n) is 2.77. The summed E-state index contributed by atoms with van der Waals surface area (Å²) >= 11 is 0. The molecule has 0 aliphatic carbocycles. The monoisotopic (exact) mass is 231 g/mol. The number of hydrogen-bond acceptors (Lipinski definition) is 3. The van der Waals surface area contributed by atoms with Crippen molar-refractivity contribution in [2.24, 2.45) is 0 Å². The fourth-order valence-corrected chi connectivity index (χ4v) is 1.69. The number of aliphatic hydroxyl groups excluding tert-OH is 1. The maximum absolute atomic E-state index is 9.93. The molecule has 0 amide bonds. The van der Waals surface area contributed by atoms with E-state index in [4.69, 9.17) is 0 Å². The topological polar surface area (TPSA) is 60.9 Å². The summed E-state index contributed by atoms with van der Waals surface area (Å²) in [5.74, 6) is 0. The van der Waals surface area contributed by atoms with Crippen LogP contribution in [0.25, 0.3) is 0 Å². The molecule has 0 fully saturated rings. The Morgan fingerprint density at radius 1 is 1.35 bits per heavy atom. The molecule has 3 N–H and O–H groups in total. The summed E-state index contributed by atoms with van der Waals surface area (Å²) in [5, 5.41) is 20.0. The number of H-pyrrole nitrogens is 1. The predicted molar refractivity (Wildman–Crippen MR) is 66.4 cm³/mol. The molecule has 0 bridgehead atoms. The Hall–Kier alpha value is -1.65. The summed E-state index contributed by atoms with van der Waals surface area (Å²) in [4.78, 5) is 0. The highest BCUT2D eigenvalue weighted by Crippen LogP contribution is 2.11. The van der Waals surface area contributed by atoms with Gasteiger partial charge in [0.25, 0.3) is 0 Å². The first kappa shape index (κ1) is 11.8. The Bertz CT molecular complexity index is 453.